The summed E-state index contributed by atoms with van der Waals surface area (Å²) in [4.78, 5) is 0. The molecule has 1 N–H and O–H groups in total. The second kappa shape index (κ2) is 7.26. The first-order valence-electron chi connectivity index (χ1n) is 8.29. The van der Waals surface area contributed by atoms with Crippen molar-refractivity contribution in [3.8, 4) is 0 Å². The molecule has 1 atom stereocenters. The van der Waals surface area contributed by atoms with Gasteiger partial charge in [0.05, 0.1) is 5.75 Å². The highest BCUT2D eigenvalue weighted by atomic mass is 35.5. The number of nitrogens with one attached hydrogen (secondary N) is 1. The van der Waals surface area contributed by atoms with Gasteiger partial charge in [0.2, 0.25) is 10.0 Å². The maximum Gasteiger partial charge on any atom is 0.216 e. The molecule has 1 unspecified atom stereocenters. The topological polar surface area (TPSA) is 46.2 Å². The molecule has 0 saturated heterocycles. The molecule has 0 fully saturated rings. The van der Waals surface area contributed by atoms with Gasteiger partial charge >= 0.3 is 0 Å². The van der Waals surface area contributed by atoms with E-state index in [-0.39, 0.29) is 11.8 Å². The van der Waals surface area contributed by atoms with Crippen LogP contribution in [0, 0.1) is 0 Å². The normalized spacial score (nSPS) is 15.8. The Morgan fingerprint density at radius 1 is 1.04 bits per heavy atom. The van der Waals surface area contributed by atoms with Crippen LogP contribution in [0.15, 0.2) is 42.5 Å². The Balaban J connectivity index is 1.71. The summed E-state index contributed by atoms with van der Waals surface area (Å²) in [5, 5.41) is 0.603. The minimum absolute atomic E-state index is 0.0422. The smallest absolute Gasteiger partial charge is 0.212 e. The Bertz CT molecular complexity index is 816. The molecule has 0 bridgehead atoms. The van der Waals surface area contributed by atoms with Crippen molar-refractivity contribution >= 4 is 21.6 Å². The molecule has 0 saturated carbocycles. The molecule has 0 spiro atoms. The lowest BCUT2D eigenvalue weighted by Gasteiger charge is -2.20. The molecule has 1 aliphatic carbocycles. The van der Waals surface area contributed by atoms with Crippen LogP contribution in [0.2, 0.25) is 5.02 Å². The van der Waals surface area contributed by atoms with Crippen LogP contribution < -0.4 is 4.72 Å². The van der Waals surface area contributed by atoms with Gasteiger partial charge in [-0.25, -0.2) is 13.1 Å². The number of halogens is 1. The third-order valence-corrected chi connectivity index (χ3v) is 6.18. The predicted octanol–water partition coefficient (Wildman–Crippen LogP) is 4.40. The Morgan fingerprint density at radius 3 is 2.42 bits per heavy atom. The highest BCUT2D eigenvalue weighted by Gasteiger charge is 2.18. The molecule has 0 radical (unpaired) electrons. The Morgan fingerprint density at radius 2 is 1.71 bits per heavy atom. The molecule has 0 heterocycles. The van der Waals surface area contributed by atoms with Gasteiger partial charge in [-0.05, 0) is 67.0 Å². The lowest BCUT2D eigenvalue weighted by atomic mass is 9.89. The molecule has 0 amide bonds. The number of benzene rings is 2. The van der Waals surface area contributed by atoms with E-state index in [1.54, 1.807) is 24.3 Å². The minimum atomic E-state index is -3.41. The average molecular weight is 364 g/mol. The average Bonchev–Trinajstić information content (AvgIpc) is 2.56. The second-order valence-electron chi connectivity index (χ2n) is 6.46. The SMILES string of the molecule is CC(NS(=O)(=O)Cc1ccc(Cl)cc1)c1ccc2c(c1)CCCC2. The highest BCUT2D eigenvalue weighted by Crippen LogP contribution is 2.25. The van der Waals surface area contributed by atoms with Crippen molar-refractivity contribution in [2.45, 2.75) is 44.4 Å². The number of aryl methyl sites for hydroxylation is 2. The van der Waals surface area contributed by atoms with Crippen LogP contribution in [0.5, 0.6) is 0 Å². The summed E-state index contributed by atoms with van der Waals surface area (Å²) in [6, 6.07) is 13.0. The van der Waals surface area contributed by atoms with Crippen LogP contribution in [-0.4, -0.2) is 8.42 Å². The zero-order valence-electron chi connectivity index (χ0n) is 13.8. The first kappa shape index (κ1) is 17.5. The third kappa shape index (κ3) is 4.38. The molecule has 0 aliphatic heterocycles. The van der Waals surface area contributed by atoms with Gasteiger partial charge in [0, 0.05) is 11.1 Å². The van der Waals surface area contributed by atoms with Crippen molar-refractivity contribution in [1.29, 1.82) is 0 Å². The van der Waals surface area contributed by atoms with Gasteiger partial charge in [-0.15, -0.1) is 0 Å². The van der Waals surface area contributed by atoms with Crippen LogP contribution in [0.1, 0.15) is 48.1 Å². The maximum absolute atomic E-state index is 12.4. The van der Waals surface area contributed by atoms with Gasteiger partial charge < -0.3 is 0 Å². The van der Waals surface area contributed by atoms with Crippen molar-refractivity contribution in [2.75, 3.05) is 0 Å². The van der Waals surface area contributed by atoms with Crippen molar-refractivity contribution in [3.05, 3.63) is 69.7 Å². The first-order valence-corrected chi connectivity index (χ1v) is 10.3. The molecule has 2 aromatic rings. The van der Waals surface area contributed by atoms with Crippen molar-refractivity contribution in [1.82, 2.24) is 4.72 Å². The molecular formula is C19H22ClNO2S. The number of fused-ring (bicyclic) bond motifs is 1. The molecule has 128 valence electrons. The lowest BCUT2D eigenvalue weighted by Crippen LogP contribution is -2.28. The molecule has 24 heavy (non-hydrogen) atoms. The monoisotopic (exact) mass is 363 g/mol. The third-order valence-electron chi connectivity index (χ3n) is 4.50. The van der Waals surface area contributed by atoms with Crippen LogP contribution in [0.4, 0.5) is 0 Å². The summed E-state index contributed by atoms with van der Waals surface area (Å²) in [5.74, 6) is -0.0422. The summed E-state index contributed by atoms with van der Waals surface area (Å²) < 4.78 is 27.6. The molecule has 0 aromatic heterocycles. The summed E-state index contributed by atoms with van der Waals surface area (Å²) in [5.41, 5.74) is 4.52. The van der Waals surface area contributed by atoms with E-state index >= 15 is 0 Å². The number of hydrogen-bond acceptors (Lipinski definition) is 2. The van der Waals surface area contributed by atoms with E-state index in [0.717, 1.165) is 24.0 Å². The molecule has 1 aliphatic rings. The van der Waals surface area contributed by atoms with Gasteiger partial charge in [-0.1, -0.05) is 41.9 Å². The van der Waals surface area contributed by atoms with E-state index in [0.29, 0.717) is 5.02 Å². The molecule has 2 aromatic carbocycles. The fourth-order valence-electron chi connectivity index (χ4n) is 3.20. The lowest BCUT2D eigenvalue weighted by molar-refractivity contribution is 0.565. The van der Waals surface area contributed by atoms with E-state index in [1.807, 2.05) is 13.0 Å². The fraction of sp³-hybridized carbons (Fsp3) is 0.368. The van der Waals surface area contributed by atoms with E-state index < -0.39 is 10.0 Å². The Labute approximate surface area is 149 Å². The predicted molar refractivity (Wildman–Crippen MR) is 98.7 cm³/mol. The van der Waals surface area contributed by atoms with Gasteiger partial charge in [0.15, 0.2) is 0 Å². The summed E-state index contributed by atoms with van der Waals surface area (Å²) in [6.07, 6.45) is 4.68. The Kier molecular flexibility index (Phi) is 5.28. The van der Waals surface area contributed by atoms with Crippen LogP contribution in [0.25, 0.3) is 0 Å². The van der Waals surface area contributed by atoms with Gasteiger partial charge in [-0.3, -0.25) is 0 Å². The zero-order chi connectivity index (χ0) is 17.2. The summed E-state index contributed by atoms with van der Waals surface area (Å²) in [7, 11) is -3.41. The quantitative estimate of drug-likeness (QED) is 0.855. The zero-order valence-corrected chi connectivity index (χ0v) is 15.3. The van der Waals surface area contributed by atoms with Gasteiger partial charge in [-0.2, -0.15) is 0 Å². The fourth-order valence-corrected chi connectivity index (χ4v) is 4.72. The number of hydrogen-bond donors (Lipinski definition) is 1. The van der Waals surface area contributed by atoms with Crippen LogP contribution >= 0.6 is 11.6 Å². The Hall–Kier alpha value is -1.36. The van der Waals surface area contributed by atoms with Crippen molar-refractivity contribution < 1.29 is 8.42 Å². The van der Waals surface area contributed by atoms with Gasteiger partial charge in [0.1, 0.15) is 0 Å². The largest absolute Gasteiger partial charge is 0.216 e. The van der Waals surface area contributed by atoms with E-state index in [4.69, 9.17) is 11.6 Å². The second-order valence-corrected chi connectivity index (χ2v) is 8.65. The van der Waals surface area contributed by atoms with Crippen LogP contribution in [0.3, 0.4) is 0 Å². The van der Waals surface area contributed by atoms with Crippen molar-refractivity contribution in [2.24, 2.45) is 0 Å². The molecule has 5 heteroatoms. The molecular weight excluding hydrogens is 342 g/mol. The molecule has 3 rings (SSSR count). The number of rotatable bonds is 5. The highest BCUT2D eigenvalue weighted by molar-refractivity contribution is 7.88. The van der Waals surface area contributed by atoms with E-state index in [2.05, 4.69) is 16.9 Å². The number of sulfonamides is 1. The van der Waals surface area contributed by atoms with E-state index in [1.165, 1.54) is 24.0 Å². The first-order chi connectivity index (χ1) is 11.4. The summed E-state index contributed by atoms with van der Waals surface area (Å²) in [6.45, 7) is 1.89. The van der Waals surface area contributed by atoms with Gasteiger partial charge in [0.25, 0.3) is 0 Å². The standard InChI is InChI=1S/C19H22ClNO2S/c1-14(17-9-8-16-4-2-3-5-18(16)12-17)21-24(22,23)13-15-6-10-19(20)11-7-15/h6-12,14,21H,2-5,13H2,1H3. The minimum Gasteiger partial charge on any atom is -0.212 e. The van der Waals surface area contributed by atoms with Crippen molar-refractivity contribution in [3.63, 3.8) is 0 Å². The van der Waals surface area contributed by atoms with E-state index in [9.17, 15) is 8.42 Å². The maximum atomic E-state index is 12.4. The molecule has 3 nitrogen and oxygen atoms in total. The summed E-state index contributed by atoms with van der Waals surface area (Å²) >= 11 is 5.84. The van der Waals surface area contributed by atoms with Crippen LogP contribution in [-0.2, 0) is 28.6 Å².